The highest BCUT2D eigenvalue weighted by Crippen LogP contribution is 2.12. The second-order valence-electron chi connectivity index (χ2n) is 4.45. The van der Waals surface area contributed by atoms with E-state index in [0.717, 1.165) is 32.4 Å². The zero-order chi connectivity index (χ0) is 12.1. The topological polar surface area (TPSA) is 60.9 Å². The van der Waals surface area contributed by atoms with Gasteiger partial charge in [-0.05, 0) is 33.1 Å². The molecular weight excluding hydrogens is 208 g/mol. The van der Waals surface area contributed by atoms with Crippen molar-refractivity contribution in [2.45, 2.75) is 39.2 Å². The van der Waals surface area contributed by atoms with Crippen molar-refractivity contribution in [2.75, 3.05) is 19.6 Å². The van der Waals surface area contributed by atoms with E-state index < -0.39 is 5.97 Å². The van der Waals surface area contributed by atoms with Crippen molar-refractivity contribution in [1.29, 1.82) is 0 Å². The number of likely N-dealkylation sites (tertiary alicyclic amines) is 1. The molecule has 1 aliphatic rings. The molecule has 0 aromatic heterocycles. The Morgan fingerprint density at radius 2 is 1.81 bits per heavy atom. The Balaban J connectivity index is 2.61. The average molecular weight is 228 g/mol. The Labute approximate surface area is 96.0 Å². The van der Waals surface area contributed by atoms with E-state index in [-0.39, 0.29) is 18.6 Å². The number of urea groups is 1. The summed E-state index contributed by atoms with van der Waals surface area (Å²) in [5, 5.41) is 8.77. The van der Waals surface area contributed by atoms with Gasteiger partial charge in [0, 0.05) is 19.1 Å². The van der Waals surface area contributed by atoms with Crippen LogP contribution in [0, 0.1) is 0 Å². The van der Waals surface area contributed by atoms with Crippen LogP contribution < -0.4 is 0 Å². The molecule has 0 aromatic carbocycles. The molecular formula is C11H20N2O3. The lowest BCUT2D eigenvalue weighted by Crippen LogP contribution is -2.49. The van der Waals surface area contributed by atoms with E-state index >= 15 is 0 Å². The van der Waals surface area contributed by atoms with E-state index in [4.69, 9.17) is 5.11 Å². The maximum Gasteiger partial charge on any atom is 0.323 e. The van der Waals surface area contributed by atoms with Gasteiger partial charge in [0.1, 0.15) is 6.54 Å². The second kappa shape index (κ2) is 5.72. The zero-order valence-corrected chi connectivity index (χ0v) is 9.98. The number of hydrogen-bond donors (Lipinski definition) is 1. The van der Waals surface area contributed by atoms with Crippen molar-refractivity contribution in [3.63, 3.8) is 0 Å². The lowest BCUT2D eigenvalue weighted by Gasteiger charge is -2.34. The molecule has 0 spiro atoms. The van der Waals surface area contributed by atoms with Crippen LogP contribution >= 0.6 is 0 Å². The van der Waals surface area contributed by atoms with Crippen molar-refractivity contribution in [2.24, 2.45) is 0 Å². The van der Waals surface area contributed by atoms with Crippen molar-refractivity contribution < 1.29 is 14.7 Å². The highest BCUT2D eigenvalue weighted by atomic mass is 16.4. The number of hydrogen-bond acceptors (Lipinski definition) is 2. The minimum absolute atomic E-state index is 0.0782. The number of carboxylic acids is 1. The average Bonchev–Trinajstić information content (AvgIpc) is 2.25. The quantitative estimate of drug-likeness (QED) is 0.794. The zero-order valence-electron chi connectivity index (χ0n) is 9.98. The smallest absolute Gasteiger partial charge is 0.323 e. The molecule has 0 radical (unpaired) electrons. The van der Waals surface area contributed by atoms with Crippen molar-refractivity contribution >= 4 is 12.0 Å². The summed E-state index contributed by atoms with van der Waals surface area (Å²) in [7, 11) is 0. The van der Waals surface area contributed by atoms with Gasteiger partial charge in [-0.1, -0.05) is 0 Å². The largest absolute Gasteiger partial charge is 0.480 e. The molecule has 1 aliphatic heterocycles. The van der Waals surface area contributed by atoms with E-state index in [9.17, 15) is 9.59 Å². The maximum absolute atomic E-state index is 12.1. The van der Waals surface area contributed by atoms with Crippen LogP contribution in [0.1, 0.15) is 33.1 Å². The molecule has 92 valence electrons. The summed E-state index contributed by atoms with van der Waals surface area (Å²) in [6.45, 7) is 4.96. The van der Waals surface area contributed by atoms with Crippen LogP contribution in [-0.2, 0) is 4.79 Å². The molecule has 16 heavy (non-hydrogen) atoms. The van der Waals surface area contributed by atoms with Crippen molar-refractivity contribution in [3.8, 4) is 0 Å². The Bertz CT molecular complexity index is 260. The van der Waals surface area contributed by atoms with Gasteiger partial charge < -0.3 is 14.9 Å². The molecule has 5 nitrogen and oxygen atoms in total. The van der Waals surface area contributed by atoms with Gasteiger partial charge in [-0.15, -0.1) is 0 Å². The van der Waals surface area contributed by atoms with Gasteiger partial charge in [0.2, 0.25) is 0 Å². The van der Waals surface area contributed by atoms with E-state index in [2.05, 4.69) is 0 Å². The number of rotatable bonds is 3. The first kappa shape index (κ1) is 12.8. The van der Waals surface area contributed by atoms with Crippen LogP contribution in [0.2, 0.25) is 0 Å². The van der Waals surface area contributed by atoms with Crippen LogP contribution in [0.5, 0.6) is 0 Å². The van der Waals surface area contributed by atoms with Crippen molar-refractivity contribution in [1.82, 2.24) is 9.80 Å². The first-order valence-corrected chi connectivity index (χ1v) is 5.79. The molecule has 1 saturated heterocycles. The summed E-state index contributed by atoms with van der Waals surface area (Å²) >= 11 is 0. The fraction of sp³-hybridized carbons (Fsp3) is 0.818. The summed E-state index contributed by atoms with van der Waals surface area (Å²) in [5.41, 5.74) is 0. The lowest BCUT2D eigenvalue weighted by atomic mass is 10.1. The maximum atomic E-state index is 12.1. The molecule has 1 N–H and O–H groups in total. The SMILES string of the molecule is CC(C)N(CC(=O)O)C(=O)N1CCCCC1. The molecule has 5 heteroatoms. The Morgan fingerprint density at radius 3 is 2.25 bits per heavy atom. The predicted molar refractivity (Wildman–Crippen MR) is 60.3 cm³/mol. The number of aliphatic carboxylic acids is 1. The van der Waals surface area contributed by atoms with Gasteiger partial charge in [0.05, 0.1) is 0 Å². The van der Waals surface area contributed by atoms with E-state index in [1.807, 2.05) is 13.8 Å². The van der Waals surface area contributed by atoms with E-state index in [1.165, 1.54) is 4.90 Å². The molecule has 0 bridgehead atoms. The Morgan fingerprint density at radius 1 is 1.25 bits per heavy atom. The number of piperidine rings is 1. The van der Waals surface area contributed by atoms with Crippen LogP contribution in [-0.4, -0.2) is 52.6 Å². The second-order valence-corrected chi connectivity index (χ2v) is 4.45. The molecule has 0 unspecified atom stereocenters. The number of carbonyl (C=O) groups is 2. The van der Waals surface area contributed by atoms with Crippen LogP contribution in [0.4, 0.5) is 4.79 Å². The highest BCUT2D eigenvalue weighted by molar-refractivity contribution is 5.80. The monoisotopic (exact) mass is 228 g/mol. The van der Waals surface area contributed by atoms with Crippen molar-refractivity contribution in [3.05, 3.63) is 0 Å². The van der Waals surface area contributed by atoms with E-state index in [1.54, 1.807) is 4.90 Å². The van der Waals surface area contributed by atoms with Gasteiger partial charge >= 0.3 is 12.0 Å². The third kappa shape index (κ3) is 3.40. The third-order valence-corrected chi connectivity index (χ3v) is 2.80. The normalized spacial score (nSPS) is 16.3. The summed E-state index contributed by atoms with van der Waals surface area (Å²) in [6.07, 6.45) is 3.19. The summed E-state index contributed by atoms with van der Waals surface area (Å²) in [4.78, 5) is 25.9. The summed E-state index contributed by atoms with van der Waals surface area (Å²) in [5.74, 6) is -0.959. The van der Waals surface area contributed by atoms with Gasteiger partial charge in [0.25, 0.3) is 0 Å². The first-order chi connectivity index (χ1) is 7.52. The van der Waals surface area contributed by atoms with E-state index in [0.29, 0.717) is 0 Å². The van der Waals surface area contributed by atoms with Gasteiger partial charge in [-0.2, -0.15) is 0 Å². The third-order valence-electron chi connectivity index (χ3n) is 2.80. The van der Waals surface area contributed by atoms with Crippen LogP contribution in [0.15, 0.2) is 0 Å². The highest BCUT2D eigenvalue weighted by Gasteiger charge is 2.25. The summed E-state index contributed by atoms with van der Waals surface area (Å²) in [6, 6.07) is -0.220. The minimum Gasteiger partial charge on any atom is -0.480 e. The summed E-state index contributed by atoms with van der Waals surface area (Å²) < 4.78 is 0. The molecule has 1 fully saturated rings. The molecule has 2 amide bonds. The molecule has 1 rings (SSSR count). The van der Waals surface area contributed by atoms with Gasteiger partial charge in [-0.3, -0.25) is 4.79 Å². The predicted octanol–water partition coefficient (Wildman–Crippen LogP) is 1.39. The standard InChI is InChI=1S/C11H20N2O3/c1-9(2)13(8-10(14)15)11(16)12-6-4-3-5-7-12/h9H,3-8H2,1-2H3,(H,14,15). The molecule has 0 aromatic rings. The number of carboxylic acid groups (broad SMARTS) is 1. The minimum atomic E-state index is -0.959. The first-order valence-electron chi connectivity index (χ1n) is 5.79. The van der Waals surface area contributed by atoms with Gasteiger partial charge in [-0.25, -0.2) is 4.79 Å². The molecule has 0 atom stereocenters. The molecule has 0 saturated carbocycles. The van der Waals surface area contributed by atoms with Crippen LogP contribution in [0.25, 0.3) is 0 Å². The number of carbonyl (C=O) groups excluding carboxylic acids is 1. The van der Waals surface area contributed by atoms with Gasteiger partial charge in [0.15, 0.2) is 0 Å². The number of amides is 2. The Kier molecular flexibility index (Phi) is 4.58. The number of nitrogens with zero attached hydrogens (tertiary/aromatic N) is 2. The molecule has 0 aliphatic carbocycles. The fourth-order valence-electron chi connectivity index (χ4n) is 1.88. The van der Waals surface area contributed by atoms with Crippen LogP contribution in [0.3, 0.4) is 0 Å². The Hall–Kier alpha value is -1.26. The molecule has 1 heterocycles. The lowest BCUT2D eigenvalue weighted by molar-refractivity contribution is -0.138. The fourth-order valence-corrected chi connectivity index (χ4v) is 1.88.